The number of carbonyl (C=O) groups excluding carboxylic acids is 3. The standard InChI is InChI=1S/C31H35N5O5S2/c1-5-40-30(39)26-21-10-7-6-8-12-24(21)43-29(26)33-27(37)20(4)42-31-35-34-25(17-32-28(38)23-11-9-15-41-23)36(31)22-16-18(2)13-14-19(22)3/h9,11,13-16,20H,5-8,10,12,17H2,1-4H3,(H,32,38)(H,33,37)/t20-/m0/s1. The van der Waals surface area contributed by atoms with Crippen molar-refractivity contribution >= 4 is 45.9 Å². The van der Waals surface area contributed by atoms with E-state index >= 15 is 0 Å². The number of anilines is 1. The minimum Gasteiger partial charge on any atom is -0.462 e. The third kappa shape index (κ3) is 6.86. The van der Waals surface area contributed by atoms with Crippen LogP contribution in [-0.4, -0.2) is 44.4 Å². The summed E-state index contributed by atoms with van der Waals surface area (Å²) in [6.45, 7) is 7.93. The van der Waals surface area contributed by atoms with Gasteiger partial charge in [0.25, 0.3) is 5.91 Å². The van der Waals surface area contributed by atoms with Gasteiger partial charge in [0.1, 0.15) is 5.00 Å². The van der Waals surface area contributed by atoms with Gasteiger partial charge >= 0.3 is 5.97 Å². The van der Waals surface area contributed by atoms with Gasteiger partial charge in [0, 0.05) is 4.88 Å². The van der Waals surface area contributed by atoms with E-state index in [1.807, 2.05) is 36.6 Å². The van der Waals surface area contributed by atoms with Gasteiger partial charge in [-0.3, -0.25) is 14.2 Å². The lowest BCUT2D eigenvalue weighted by atomic mass is 10.1. The molecule has 1 aromatic carbocycles. The molecule has 2 amide bonds. The Morgan fingerprint density at radius 1 is 1.14 bits per heavy atom. The number of nitrogens with zero attached hydrogens (tertiary/aromatic N) is 3. The number of thioether (sulfide) groups is 1. The summed E-state index contributed by atoms with van der Waals surface area (Å²) in [4.78, 5) is 40.2. The van der Waals surface area contributed by atoms with E-state index in [4.69, 9.17) is 9.15 Å². The fourth-order valence-corrected chi connectivity index (χ4v) is 7.18. The summed E-state index contributed by atoms with van der Waals surface area (Å²) in [5, 5.41) is 15.1. The van der Waals surface area contributed by atoms with E-state index in [1.54, 1.807) is 26.0 Å². The van der Waals surface area contributed by atoms with Crippen molar-refractivity contribution in [3.63, 3.8) is 0 Å². The Hall–Kier alpha value is -3.90. The van der Waals surface area contributed by atoms with E-state index < -0.39 is 11.2 Å². The highest BCUT2D eigenvalue weighted by molar-refractivity contribution is 8.00. The molecule has 0 fully saturated rings. The second-order valence-corrected chi connectivity index (χ2v) is 12.8. The summed E-state index contributed by atoms with van der Waals surface area (Å²) in [5.74, 6) is -0.307. The van der Waals surface area contributed by atoms with Crippen LogP contribution in [0.15, 0.2) is 46.2 Å². The number of aryl methyl sites for hydroxylation is 3. The van der Waals surface area contributed by atoms with Crippen molar-refractivity contribution in [2.24, 2.45) is 0 Å². The predicted octanol–water partition coefficient (Wildman–Crippen LogP) is 6.03. The first-order valence-electron chi connectivity index (χ1n) is 14.4. The molecule has 5 rings (SSSR count). The molecule has 0 saturated carbocycles. The fourth-order valence-electron chi connectivity index (χ4n) is 5.02. The highest BCUT2D eigenvalue weighted by Gasteiger charge is 2.29. The van der Waals surface area contributed by atoms with Crippen LogP contribution < -0.4 is 10.6 Å². The molecule has 43 heavy (non-hydrogen) atoms. The van der Waals surface area contributed by atoms with Crippen LogP contribution in [0.2, 0.25) is 0 Å². The zero-order chi connectivity index (χ0) is 30.5. The van der Waals surface area contributed by atoms with Gasteiger partial charge < -0.3 is 19.8 Å². The number of esters is 1. The van der Waals surface area contributed by atoms with E-state index in [1.165, 1.54) is 29.4 Å². The molecule has 0 unspecified atom stereocenters. The topological polar surface area (TPSA) is 128 Å². The average molecular weight is 622 g/mol. The summed E-state index contributed by atoms with van der Waals surface area (Å²) in [6.07, 6.45) is 6.33. The zero-order valence-corrected chi connectivity index (χ0v) is 26.3. The second-order valence-electron chi connectivity index (χ2n) is 10.4. The molecule has 1 aliphatic carbocycles. The maximum atomic E-state index is 13.6. The Balaban J connectivity index is 1.40. The van der Waals surface area contributed by atoms with Crippen LogP contribution in [-0.2, 0) is 28.9 Å². The van der Waals surface area contributed by atoms with Crippen LogP contribution >= 0.6 is 23.1 Å². The molecule has 0 aliphatic heterocycles. The number of amides is 2. The van der Waals surface area contributed by atoms with Gasteiger partial charge in [-0.15, -0.1) is 21.5 Å². The Morgan fingerprint density at radius 2 is 1.95 bits per heavy atom. The van der Waals surface area contributed by atoms with Crippen LogP contribution in [0.4, 0.5) is 5.00 Å². The molecule has 1 aliphatic rings. The van der Waals surface area contributed by atoms with Crippen molar-refractivity contribution in [2.45, 2.75) is 76.8 Å². The third-order valence-electron chi connectivity index (χ3n) is 7.25. The van der Waals surface area contributed by atoms with Crippen molar-refractivity contribution in [1.82, 2.24) is 20.1 Å². The number of benzene rings is 1. The maximum absolute atomic E-state index is 13.6. The minimum absolute atomic E-state index is 0.102. The highest BCUT2D eigenvalue weighted by atomic mass is 32.2. The van der Waals surface area contributed by atoms with Gasteiger partial charge in [-0.1, -0.05) is 30.3 Å². The molecule has 12 heteroatoms. The number of hydrogen-bond donors (Lipinski definition) is 2. The van der Waals surface area contributed by atoms with Crippen molar-refractivity contribution in [3.8, 4) is 5.69 Å². The maximum Gasteiger partial charge on any atom is 0.341 e. The summed E-state index contributed by atoms with van der Waals surface area (Å²) in [6, 6.07) is 9.30. The third-order valence-corrected chi connectivity index (χ3v) is 9.50. The van der Waals surface area contributed by atoms with E-state index in [2.05, 4.69) is 20.8 Å². The molecular formula is C31H35N5O5S2. The van der Waals surface area contributed by atoms with E-state index in [-0.39, 0.29) is 30.7 Å². The number of thiophene rings is 1. The van der Waals surface area contributed by atoms with E-state index in [0.717, 1.165) is 59.4 Å². The van der Waals surface area contributed by atoms with Crippen LogP contribution in [0.3, 0.4) is 0 Å². The lowest BCUT2D eigenvalue weighted by Crippen LogP contribution is -2.25. The molecular weight excluding hydrogens is 587 g/mol. The number of fused-ring (bicyclic) bond motifs is 1. The van der Waals surface area contributed by atoms with Crippen molar-refractivity contribution in [2.75, 3.05) is 11.9 Å². The molecule has 2 N–H and O–H groups in total. The number of furan rings is 1. The molecule has 0 bridgehead atoms. The van der Waals surface area contributed by atoms with E-state index in [9.17, 15) is 14.4 Å². The molecule has 4 aromatic rings. The lowest BCUT2D eigenvalue weighted by Gasteiger charge is -2.16. The van der Waals surface area contributed by atoms with Crippen molar-refractivity contribution in [3.05, 3.63) is 75.3 Å². The van der Waals surface area contributed by atoms with Gasteiger partial charge in [-0.25, -0.2) is 4.79 Å². The van der Waals surface area contributed by atoms with Crippen molar-refractivity contribution < 1.29 is 23.5 Å². The largest absolute Gasteiger partial charge is 0.462 e. The normalized spacial score (nSPS) is 13.6. The first-order chi connectivity index (χ1) is 20.8. The first kappa shape index (κ1) is 30.6. The number of rotatable bonds is 10. The average Bonchev–Trinajstić information content (AvgIpc) is 3.69. The van der Waals surface area contributed by atoms with Gasteiger partial charge in [0.15, 0.2) is 16.7 Å². The Labute approximate surface area is 258 Å². The molecule has 0 saturated heterocycles. The Kier molecular flexibility index (Phi) is 9.66. The van der Waals surface area contributed by atoms with Gasteiger partial charge in [-0.2, -0.15) is 0 Å². The molecule has 0 radical (unpaired) electrons. The number of nitrogens with one attached hydrogen (secondary N) is 2. The minimum atomic E-state index is -0.574. The predicted molar refractivity (Wildman–Crippen MR) is 166 cm³/mol. The van der Waals surface area contributed by atoms with Crippen molar-refractivity contribution in [1.29, 1.82) is 0 Å². The summed E-state index contributed by atoms with van der Waals surface area (Å²) in [5.41, 5.74) is 4.39. The molecule has 1 atom stereocenters. The molecule has 0 spiro atoms. The smallest absolute Gasteiger partial charge is 0.341 e. The first-order valence-corrected chi connectivity index (χ1v) is 16.1. The van der Waals surface area contributed by atoms with E-state index in [0.29, 0.717) is 21.5 Å². The summed E-state index contributed by atoms with van der Waals surface area (Å²) in [7, 11) is 0. The fraction of sp³-hybridized carbons (Fsp3) is 0.387. The van der Waals surface area contributed by atoms with Crippen LogP contribution in [0, 0.1) is 13.8 Å². The SMILES string of the molecule is CCOC(=O)c1c(NC(=O)[C@H](C)Sc2nnc(CNC(=O)c3ccco3)n2-c2cc(C)ccc2C)sc2c1CCCCC2. The summed E-state index contributed by atoms with van der Waals surface area (Å²) < 4.78 is 12.5. The molecule has 226 valence electrons. The monoisotopic (exact) mass is 621 g/mol. The van der Waals surface area contributed by atoms with Crippen LogP contribution in [0.5, 0.6) is 0 Å². The second kappa shape index (κ2) is 13.6. The summed E-state index contributed by atoms with van der Waals surface area (Å²) >= 11 is 2.73. The van der Waals surface area contributed by atoms with Crippen LogP contribution in [0.25, 0.3) is 5.69 Å². The highest BCUT2D eigenvalue weighted by Crippen LogP contribution is 2.38. The number of carbonyl (C=O) groups is 3. The lowest BCUT2D eigenvalue weighted by molar-refractivity contribution is -0.115. The van der Waals surface area contributed by atoms with Gasteiger partial charge in [0.2, 0.25) is 5.91 Å². The molecule has 3 heterocycles. The quantitative estimate of drug-likeness (QED) is 0.125. The Morgan fingerprint density at radius 3 is 2.72 bits per heavy atom. The zero-order valence-electron chi connectivity index (χ0n) is 24.7. The van der Waals surface area contributed by atoms with Gasteiger partial charge in [-0.05, 0) is 88.3 Å². The Bertz CT molecular complexity index is 1630. The molecule has 3 aromatic heterocycles. The number of ether oxygens (including phenoxy) is 1. The van der Waals surface area contributed by atoms with Gasteiger partial charge in [0.05, 0.1) is 35.9 Å². The number of aromatic nitrogens is 3. The number of hydrogen-bond acceptors (Lipinski definition) is 9. The molecule has 10 nitrogen and oxygen atoms in total. The van der Waals surface area contributed by atoms with Crippen LogP contribution in [0.1, 0.15) is 81.4 Å².